The molecule has 0 bridgehead atoms. The van der Waals surface area contributed by atoms with Gasteiger partial charge in [-0.3, -0.25) is 15.4 Å². The monoisotopic (exact) mass is 516 g/mol. The number of nitrogens with two attached hydrogens (primary N) is 2. The number of benzene rings is 1. The predicted molar refractivity (Wildman–Crippen MR) is 133 cm³/mol. The van der Waals surface area contributed by atoms with E-state index in [4.69, 9.17) is 23.2 Å². The van der Waals surface area contributed by atoms with Gasteiger partial charge in [-0.1, -0.05) is 17.2 Å². The summed E-state index contributed by atoms with van der Waals surface area (Å²) < 4.78 is 28.9. The van der Waals surface area contributed by atoms with Crippen LogP contribution in [0.1, 0.15) is 60.3 Å². The first-order valence-electron chi connectivity index (χ1n) is 11.9. The molecule has 5 rings (SSSR count). The summed E-state index contributed by atoms with van der Waals surface area (Å²) in [6.45, 7) is 0.608. The van der Waals surface area contributed by atoms with Crippen molar-refractivity contribution >= 4 is 34.7 Å². The lowest BCUT2D eigenvalue weighted by Gasteiger charge is -2.25. The van der Waals surface area contributed by atoms with Crippen molar-refractivity contribution in [1.82, 2.24) is 15.3 Å². The highest BCUT2D eigenvalue weighted by atomic mass is 35.5. The van der Waals surface area contributed by atoms with E-state index in [1.165, 1.54) is 12.3 Å². The molecule has 8 nitrogen and oxygen atoms in total. The topological polar surface area (TPSA) is 127 Å². The van der Waals surface area contributed by atoms with Crippen molar-refractivity contribution in [2.75, 3.05) is 5.32 Å². The molecule has 2 saturated carbocycles. The molecule has 0 atom stereocenters. The first kappa shape index (κ1) is 24.3. The van der Waals surface area contributed by atoms with Gasteiger partial charge >= 0.3 is 0 Å². The average molecular weight is 517 g/mol. The number of carbonyl (C=O) groups excluding carboxylic acids is 2. The third kappa shape index (κ3) is 4.14. The van der Waals surface area contributed by atoms with E-state index in [-0.39, 0.29) is 22.2 Å². The van der Waals surface area contributed by atoms with Crippen LogP contribution in [0.3, 0.4) is 0 Å². The van der Waals surface area contributed by atoms with Crippen LogP contribution in [0.4, 0.5) is 14.5 Å². The number of fused-ring (bicyclic) bond motifs is 1. The van der Waals surface area contributed by atoms with Gasteiger partial charge < -0.3 is 26.4 Å². The Bertz CT molecular complexity index is 1320. The van der Waals surface area contributed by atoms with E-state index in [0.29, 0.717) is 48.5 Å². The Labute approximate surface area is 211 Å². The molecule has 0 spiro atoms. The minimum atomic E-state index is -1.07. The Hall–Kier alpha value is -3.37. The van der Waals surface area contributed by atoms with Gasteiger partial charge in [0.2, 0.25) is 0 Å². The van der Waals surface area contributed by atoms with Gasteiger partial charge in [-0.15, -0.1) is 0 Å². The van der Waals surface area contributed by atoms with Crippen LogP contribution in [0.5, 0.6) is 0 Å². The second kappa shape index (κ2) is 9.25. The van der Waals surface area contributed by atoms with E-state index < -0.39 is 23.1 Å². The molecule has 0 saturated heterocycles. The van der Waals surface area contributed by atoms with Crippen LogP contribution in [0, 0.1) is 11.6 Å². The van der Waals surface area contributed by atoms with Crippen LogP contribution in [0.15, 0.2) is 35.7 Å². The molecule has 2 aliphatic carbocycles. The van der Waals surface area contributed by atoms with Crippen molar-refractivity contribution in [2.45, 2.75) is 57.0 Å². The molecule has 7 N–H and O–H groups in total. The number of hydrogen-bond acceptors (Lipinski definition) is 5. The second-order valence-electron chi connectivity index (χ2n) is 9.46. The van der Waals surface area contributed by atoms with Crippen molar-refractivity contribution in [3.05, 3.63) is 69.3 Å². The van der Waals surface area contributed by atoms with Crippen LogP contribution in [0.25, 0.3) is 5.57 Å². The lowest BCUT2D eigenvalue weighted by Crippen LogP contribution is -2.42. The summed E-state index contributed by atoms with van der Waals surface area (Å²) in [7, 11) is 0. The van der Waals surface area contributed by atoms with Crippen molar-refractivity contribution in [2.24, 2.45) is 11.6 Å². The summed E-state index contributed by atoms with van der Waals surface area (Å²) >= 11 is 6.84. The van der Waals surface area contributed by atoms with Gasteiger partial charge in [0.1, 0.15) is 0 Å². The maximum Gasteiger partial charge on any atom is 0.259 e. The zero-order valence-electron chi connectivity index (χ0n) is 19.5. The molecule has 1 aromatic carbocycles. The zero-order chi connectivity index (χ0) is 25.6. The second-order valence-corrected chi connectivity index (χ2v) is 9.84. The molecule has 2 aromatic rings. The molecule has 0 unspecified atom stereocenters. The number of hydrazine groups is 1. The third-order valence-electron chi connectivity index (χ3n) is 7.18. The van der Waals surface area contributed by atoms with Gasteiger partial charge in [0.25, 0.3) is 11.8 Å². The number of aromatic nitrogens is 1. The molecule has 2 heterocycles. The number of rotatable bonds is 7. The number of allylic oxidation sites excluding steroid dienone is 1. The Morgan fingerprint density at radius 3 is 2.47 bits per heavy atom. The Morgan fingerprint density at radius 2 is 1.86 bits per heavy atom. The van der Waals surface area contributed by atoms with Crippen LogP contribution >= 0.6 is 11.6 Å². The van der Waals surface area contributed by atoms with Crippen molar-refractivity contribution in [1.29, 1.82) is 0 Å². The molecule has 36 heavy (non-hydrogen) atoms. The summed E-state index contributed by atoms with van der Waals surface area (Å²) in [6, 6.07) is 3.14. The molecule has 2 fully saturated rings. The van der Waals surface area contributed by atoms with Gasteiger partial charge in [0.15, 0.2) is 11.6 Å². The van der Waals surface area contributed by atoms with Crippen LogP contribution in [0.2, 0.25) is 5.02 Å². The van der Waals surface area contributed by atoms with E-state index in [0.717, 1.165) is 43.4 Å². The smallest absolute Gasteiger partial charge is 0.259 e. The number of carbonyl (C=O) groups is 2. The molecule has 11 heteroatoms. The lowest BCUT2D eigenvalue weighted by atomic mass is 9.86. The first-order chi connectivity index (χ1) is 17.3. The SMILES string of the molecule is NN/C=C(\N)C1(NC(=O)C(=C2CCC2)c2c(Cl)c(C(=O)Nc3ccc(F)c(F)c3)c3n2CCC3)CC1. The minimum absolute atomic E-state index is 0.108. The number of anilines is 1. The predicted octanol–water partition coefficient (Wildman–Crippen LogP) is 3.47. The van der Waals surface area contributed by atoms with Crippen molar-refractivity contribution < 1.29 is 18.4 Å². The fourth-order valence-electron chi connectivity index (χ4n) is 4.95. The Kier molecular flexibility index (Phi) is 6.25. The number of amides is 2. The van der Waals surface area contributed by atoms with E-state index >= 15 is 0 Å². The molecule has 3 aliphatic rings. The van der Waals surface area contributed by atoms with E-state index in [2.05, 4.69) is 16.1 Å². The van der Waals surface area contributed by atoms with Crippen LogP contribution in [-0.4, -0.2) is 21.9 Å². The summed E-state index contributed by atoms with van der Waals surface area (Å²) in [4.78, 5) is 26.9. The van der Waals surface area contributed by atoms with Crippen LogP contribution in [-0.2, 0) is 17.8 Å². The van der Waals surface area contributed by atoms with Crippen molar-refractivity contribution in [3.63, 3.8) is 0 Å². The number of hydrogen-bond donors (Lipinski definition) is 5. The van der Waals surface area contributed by atoms with Gasteiger partial charge in [0.05, 0.1) is 33.1 Å². The zero-order valence-corrected chi connectivity index (χ0v) is 20.3. The minimum Gasteiger partial charge on any atom is -0.399 e. The fourth-order valence-corrected chi connectivity index (χ4v) is 5.34. The Balaban J connectivity index is 1.52. The highest BCUT2D eigenvalue weighted by Crippen LogP contribution is 2.44. The summed E-state index contributed by atoms with van der Waals surface area (Å²) in [5.41, 5.74) is 11.4. The van der Waals surface area contributed by atoms with Crippen molar-refractivity contribution in [3.8, 4) is 0 Å². The van der Waals surface area contributed by atoms with E-state index in [1.54, 1.807) is 0 Å². The third-order valence-corrected chi connectivity index (χ3v) is 7.55. The standard InChI is InChI=1S/C25H27ClF2N6O2/c26-21-20(23(35)32-14-6-7-15(27)16(28)11-14)17-5-2-10-34(17)22(21)19(13-3-1-4-13)24(36)33-25(8-9-25)18(29)12-31-30/h6-7,11-12,31H,1-5,8-10,29-30H2,(H,32,35)(H,33,36)/b18-12-. The number of nitrogens with zero attached hydrogens (tertiary/aromatic N) is 1. The van der Waals surface area contributed by atoms with Gasteiger partial charge in [-0.05, 0) is 57.1 Å². The molecule has 190 valence electrons. The normalized spacial score (nSPS) is 17.8. The highest BCUT2D eigenvalue weighted by molar-refractivity contribution is 6.38. The van der Waals surface area contributed by atoms with Gasteiger partial charge in [-0.25, -0.2) is 8.78 Å². The molecule has 1 aliphatic heterocycles. The lowest BCUT2D eigenvalue weighted by molar-refractivity contribution is -0.116. The molecule has 0 radical (unpaired) electrons. The molecular formula is C25H27ClF2N6O2. The fraction of sp³-hybridized carbons (Fsp3) is 0.360. The summed E-state index contributed by atoms with van der Waals surface area (Å²) in [5, 5.41) is 5.85. The molecular weight excluding hydrogens is 490 g/mol. The molecule has 2 amide bonds. The number of nitrogens with one attached hydrogen (secondary N) is 3. The number of halogens is 3. The average Bonchev–Trinajstić information content (AvgIpc) is 3.34. The van der Waals surface area contributed by atoms with Gasteiger partial charge in [-0.2, -0.15) is 0 Å². The Morgan fingerprint density at radius 1 is 1.11 bits per heavy atom. The molecule has 1 aromatic heterocycles. The van der Waals surface area contributed by atoms with E-state index in [1.807, 2.05) is 4.57 Å². The quantitative estimate of drug-likeness (QED) is 0.219. The first-order valence-corrected chi connectivity index (χ1v) is 12.3. The summed E-state index contributed by atoms with van der Waals surface area (Å²) in [6.07, 6.45) is 6.72. The maximum absolute atomic E-state index is 13.7. The van der Waals surface area contributed by atoms with Gasteiger partial charge in [0, 0.05) is 30.2 Å². The maximum atomic E-state index is 13.7. The van der Waals surface area contributed by atoms with E-state index in [9.17, 15) is 18.4 Å². The van der Waals surface area contributed by atoms with Crippen LogP contribution < -0.4 is 27.6 Å². The summed E-state index contributed by atoms with van der Waals surface area (Å²) in [5.74, 6) is 2.46. The highest BCUT2D eigenvalue weighted by Gasteiger charge is 2.48. The largest absolute Gasteiger partial charge is 0.399 e.